The molecule has 2 aliphatic rings. The lowest BCUT2D eigenvalue weighted by atomic mass is 10.1. The van der Waals surface area contributed by atoms with Crippen molar-refractivity contribution in [1.29, 1.82) is 5.26 Å². The van der Waals surface area contributed by atoms with E-state index in [-0.39, 0.29) is 13.0 Å². The molecule has 6 nitrogen and oxygen atoms in total. The topological polar surface area (TPSA) is 67.6 Å². The van der Waals surface area contributed by atoms with Gasteiger partial charge in [0, 0.05) is 39.1 Å². The summed E-state index contributed by atoms with van der Waals surface area (Å²) in [6.07, 6.45) is 4.63. The zero-order valence-electron chi connectivity index (χ0n) is 12.2. The molecule has 2 aliphatic heterocycles. The van der Waals surface area contributed by atoms with E-state index >= 15 is 0 Å². The lowest BCUT2D eigenvalue weighted by molar-refractivity contribution is 0.164. The van der Waals surface area contributed by atoms with Gasteiger partial charge in [0.05, 0.1) is 6.07 Å². The summed E-state index contributed by atoms with van der Waals surface area (Å²) < 4.78 is 27.6. The molecule has 2 fully saturated rings. The Hall–Kier alpha value is -0.680. The summed E-state index contributed by atoms with van der Waals surface area (Å²) in [4.78, 5) is 2.50. The maximum atomic E-state index is 12.3. The first-order chi connectivity index (χ1) is 9.55. The van der Waals surface area contributed by atoms with Crippen molar-refractivity contribution >= 4 is 10.2 Å². The number of piperidine rings is 1. The van der Waals surface area contributed by atoms with Crippen LogP contribution in [0.15, 0.2) is 0 Å². The van der Waals surface area contributed by atoms with Crippen molar-refractivity contribution in [1.82, 2.24) is 13.5 Å². The minimum Gasteiger partial charge on any atom is -0.300 e. The Morgan fingerprint density at radius 2 is 1.80 bits per heavy atom. The van der Waals surface area contributed by atoms with E-state index < -0.39 is 10.2 Å². The average molecular weight is 300 g/mol. The van der Waals surface area contributed by atoms with Crippen LogP contribution in [0.2, 0.25) is 0 Å². The van der Waals surface area contributed by atoms with Crippen LogP contribution in [0.3, 0.4) is 0 Å². The van der Waals surface area contributed by atoms with Gasteiger partial charge in [0.2, 0.25) is 0 Å². The van der Waals surface area contributed by atoms with E-state index in [0.717, 1.165) is 12.8 Å². The second-order valence-corrected chi connectivity index (χ2v) is 7.65. The predicted molar refractivity (Wildman–Crippen MR) is 77.2 cm³/mol. The van der Waals surface area contributed by atoms with Crippen molar-refractivity contribution in [3.63, 3.8) is 0 Å². The zero-order chi connectivity index (χ0) is 14.6. The normalized spacial score (nSPS) is 23.2. The van der Waals surface area contributed by atoms with E-state index in [1.165, 1.54) is 30.2 Å². The lowest BCUT2D eigenvalue weighted by Gasteiger charge is -2.37. The van der Waals surface area contributed by atoms with Crippen LogP contribution in [-0.4, -0.2) is 67.7 Å². The van der Waals surface area contributed by atoms with E-state index in [1.54, 1.807) is 11.4 Å². The molecule has 0 atom stereocenters. The minimum absolute atomic E-state index is 0.236. The molecule has 114 valence electrons. The number of hydrogen-bond acceptors (Lipinski definition) is 4. The first-order valence-corrected chi connectivity index (χ1v) is 8.78. The van der Waals surface area contributed by atoms with Crippen LogP contribution < -0.4 is 0 Å². The van der Waals surface area contributed by atoms with Gasteiger partial charge < -0.3 is 4.90 Å². The average Bonchev–Trinajstić information content (AvgIpc) is 2.99. The fourth-order valence-electron chi connectivity index (χ4n) is 3.06. The summed E-state index contributed by atoms with van der Waals surface area (Å²) in [5, 5.41) is 8.56. The van der Waals surface area contributed by atoms with Gasteiger partial charge in [-0.15, -0.1) is 0 Å². The second-order valence-electron chi connectivity index (χ2n) is 5.61. The molecule has 0 aromatic heterocycles. The van der Waals surface area contributed by atoms with E-state index in [0.29, 0.717) is 19.1 Å². The van der Waals surface area contributed by atoms with Gasteiger partial charge in [-0.3, -0.25) is 0 Å². The molecule has 0 aromatic carbocycles. The van der Waals surface area contributed by atoms with Crippen molar-refractivity contribution in [2.24, 2.45) is 0 Å². The van der Waals surface area contributed by atoms with Crippen molar-refractivity contribution < 1.29 is 8.42 Å². The summed E-state index contributed by atoms with van der Waals surface area (Å²) in [5.74, 6) is 0. The summed E-state index contributed by atoms with van der Waals surface area (Å²) in [6, 6.07) is 2.54. The molecule has 7 heteroatoms. The number of likely N-dealkylation sites (tertiary alicyclic amines) is 1. The fraction of sp³-hybridized carbons (Fsp3) is 0.923. The quantitative estimate of drug-likeness (QED) is 0.747. The van der Waals surface area contributed by atoms with E-state index in [9.17, 15) is 8.42 Å². The first kappa shape index (κ1) is 15.7. The number of nitrogens with zero attached hydrogens (tertiary/aromatic N) is 4. The van der Waals surface area contributed by atoms with E-state index in [1.807, 2.05) is 6.07 Å². The van der Waals surface area contributed by atoms with Gasteiger partial charge in [-0.1, -0.05) is 0 Å². The molecular weight excluding hydrogens is 276 g/mol. The van der Waals surface area contributed by atoms with Crippen molar-refractivity contribution in [3.05, 3.63) is 0 Å². The maximum Gasteiger partial charge on any atom is 0.281 e. The number of rotatable bonds is 5. The Bertz CT molecular complexity index is 445. The van der Waals surface area contributed by atoms with Crippen LogP contribution in [0, 0.1) is 11.3 Å². The molecule has 0 radical (unpaired) electrons. The third-order valence-corrected chi connectivity index (χ3v) is 6.33. The van der Waals surface area contributed by atoms with E-state index in [4.69, 9.17) is 5.26 Å². The molecule has 0 unspecified atom stereocenters. The standard InChI is InChI=1S/C13H24N4O2S/c1-15(8-4-7-14)20(18,19)17-11-5-13(6-12-17)16-9-2-3-10-16/h13H,2-6,8-12H2,1H3. The van der Waals surface area contributed by atoms with Gasteiger partial charge in [0.15, 0.2) is 0 Å². The van der Waals surface area contributed by atoms with Gasteiger partial charge in [-0.2, -0.15) is 22.3 Å². The highest BCUT2D eigenvalue weighted by Crippen LogP contribution is 2.23. The largest absolute Gasteiger partial charge is 0.300 e. The van der Waals surface area contributed by atoms with Gasteiger partial charge in [0.25, 0.3) is 10.2 Å². The van der Waals surface area contributed by atoms with Crippen molar-refractivity contribution in [2.45, 2.75) is 38.1 Å². The molecule has 2 saturated heterocycles. The molecule has 0 saturated carbocycles. The Labute approximate surface area is 122 Å². The Balaban J connectivity index is 1.87. The molecule has 2 rings (SSSR count). The number of nitriles is 1. The Morgan fingerprint density at radius 3 is 2.35 bits per heavy atom. The monoisotopic (exact) mass is 300 g/mol. The number of hydrogen-bond donors (Lipinski definition) is 0. The lowest BCUT2D eigenvalue weighted by Crippen LogP contribution is -2.49. The molecule has 0 aromatic rings. The highest BCUT2D eigenvalue weighted by atomic mass is 32.2. The fourth-order valence-corrected chi connectivity index (χ4v) is 4.45. The van der Waals surface area contributed by atoms with Crippen LogP contribution >= 0.6 is 0 Å². The van der Waals surface area contributed by atoms with Crippen LogP contribution in [0.4, 0.5) is 0 Å². The third-order valence-electron chi connectivity index (χ3n) is 4.34. The van der Waals surface area contributed by atoms with Crippen LogP contribution in [0.1, 0.15) is 32.1 Å². The van der Waals surface area contributed by atoms with Crippen LogP contribution in [0.25, 0.3) is 0 Å². The summed E-state index contributed by atoms with van der Waals surface area (Å²) in [6.45, 7) is 3.80. The molecule has 2 heterocycles. The molecule has 0 aliphatic carbocycles. The summed E-state index contributed by atoms with van der Waals surface area (Å²) in [5.41, 5.74) is 0. The van der Waals surface area contributed by atoms with Crippen LogP contribution in [0.5, 0.6) is 0 Å². The minimum atomic E-state index is -3.38. The SMILES string of the molecule is CN(CCC#N)S(=O)(=O)N1CCC(N2CCCC2)CC1. The summed E-state index contributed by atoms with van der Waals surface area (Å²) >= 11 is 0. The molecule has 0 amide bonds. The van der Waals surface area contributed by atoms with Gasteiger partial charge in [0.1, 0.15) is 0 Å². The van der Waals surface area contributed by atoms with Gasteiger partial charge >= 0.3 is 0 Å². The van der Waals surface area contributed by atoms with Gasteiger partial charge in [-0.05, 0) is 38.8 Å². The van der Waals surface area contributed by atoms with Crippen LogP contribution in [-0.2, 0) is 10.2 Å². The second kappa shape index (κ2) is 6.85. The molecule has 0 N–H and O–H groups in total. The molecule has 20 heavy (non-hydrogen) atoms. The predicted octanol–water partition coefficient (Wildman–Crippen LogP) is 0.637. The zero-order valence-corrected chi connectivity index (χ0v) is 13.0. The molecule has 0 bridgehead atoms. The van der Waals surface area contributed by atoms with E-state index in [2.05, 4.69) is 4.90 Å². The third kappa shape index (κ3) is 3.50. The maximum absolute atomic E-state index is 12.3. The highest BCUT2D eigenvalue weighted by molar-refractivity contribution is 7.86. The Morgan fingerprint density at radius 1 is 1.20 bits per heavy atom. The van der Waals surface area contributed by atoms with Gasteiger partial charge in [-0.25, -0.2) is 0 Å². The van der Waals surface area contributed by atoms with Crippen molar-refractivity contribution in [2.75, 3.05) is 39.8 Å². The Kier molecular flexibility index (Phi) is 5.38. The molecule has 0 spiro atoms. The summed E-state index contributed by atoms with van der Waals surface area (Å²) in [7, 11) is -1.83. The highest BCUT2D eigenvalue weighted by Gasteiger charge is 2.33. The smallest absolute Gasteiger partial charge is 0.281 e. The molecular formula is C13H24N4O2S. The first-order valence-electron chi connectivity index (χ1n) is 7.38. The van der Waals surface area contributed by atoms with Crippen molar-refractivity contribution in [3.8, 4) is 6.07 Å².